The Morgan fingerprint density at radius 2 is 1.32 bits per heavy atom. The number of carbonyl (C=O) groups is 2. The second-order valence-electron chi connectivity index (χ2n) is 6.49. The quantitative estimate of drug-likeness (QED) is 0.540. The summed E-state index contributed by atoms with van der Waals surface area (Å²) in [5.41, 5.74) is 1.05. The fourth-order valence-corrected chi connectivity index (χ4v) is 2.72. The van der Waals surface area contributed by atoms with Crippen LogP contribution in [0.5, 0.6) is 23.0 Å². The lowest BCUT2D eigenvalue weighted by molar-refractivity contribution is -0.115. The highest BCUT2D eigenvalue weighted by atomic mass is 16.5. The number of amides is 2. The summed E-state index contributed by atoms with van der Waals surface area (Å²) in [6, 6.07) is 20.9. The van der Waals surface area contributed by atoms with Gasteiger partial charge >= 0.3 is 0 Å². The molecule has 3 aromatic rings. The van der Waals surface area contributed by atoms with Gasteiger partial charge in [0.1, 0.15) is 23.0 Å². The van der Waals surface area contributed by atoms with Gasteiger partial charge in [0, 0.05) is 11.3 Å². The predicted molar refractivity (Wildman–Crippen MR) is 118 cm³/mol. The molecule has 0 radical (unpaired) electrons. The van der Waals surface area contributed by atoms with Crippen LogP contribution in [0.2, 0.25) is 0 Å². The highest BCUT2D eigenvalue weighted by Crippen LogP contribution is 2.25. The van der Waals surface area contributed by atoms with E-state index in [-0.39, 0.29) is 18.4 Å². The van der Waals surface area contributed by atoms with Crippen LogP contribution in [0.3, 0.4) is 0 Å². The molecule has 7 nitrogen and oxygen atoms in total. The summed E-state index contributed by atoms with van der Waals surface area (Å²) in [7, 11) is 1.55. The van der Waals surface area contributed by atoms with Gasteiger partial charge in [-0.2, -0.15) is 0 Å². The van der Waals surface area contributed by atoms with E-state index in [1.807, 2.05) is 31.2 Å². The van der Waals surface area contributed by atoms with Crippen LogP contribution in [0.4, 0.5) is 5.69 Å². The SMILES string of the molecule is CCOc1ccc(Oc2ccc(NC(=O)CNC(=O)c3ccc(OC)cc3)cc2)cc1. The van der Waals surface area contributed by atoms with Crippen LogP contribution in [-0.4, -0.2) is 32.1 Å². The van der Waals surface area contributed by atoms with Gasteiger partial charge in [-0.3, -0.25) is 9.59 Å². The third-order valence-electron chi connectivity index (χ3n) is 4.27. The standard InChI is InChI=1S/C24H24N2O5/c1-3-30-20-12-14-22(15-13-20)31-21-10-6-18(7-11-21)26-23(27)16-25-24(28)17-4-8-19(29-2)9-5-17/h4-15H,3,16H2,1-2H3,(H,25,28)(H,26,27). The summed E-state index contributed by atoms with van der Waals surface area (Å²) in [6.45, 7) is 2.40. The van der Waals surface area contributed by atoms with Crippen molar-refractivity contribution in [2.75, 3.05) is 25.6 Å². The Kier molecular flexibility index (Phi) is 7.48. The van der Waals surface area contributed by atoms with Gasteiger partial charge < -0.3 is 24.8 Å². The molecule has 2 N–H and O–H groups in total. The van der Waals surface area contributed by atoms with Crippen molar-refractivity contribution in [2.45, 2.75) is 6.92 Å². The van der Waals surface area contributed by atoms with E-state index in [9.17, 15) is 9.59 Å². The zero-order valence-electron chi connectivity index (χ0n) is 17.4. The molecular weight excluding hydrogens is 396 g/mol. The number of ether oxygens (including phenoxy) is 3. The summed E-state index contributed by atoms with van der Waals surface area (Å²) in [5, 5.41) is 5.32. The Bertz CT molecular complexity index is 1000. The van der Waals surface area contributed by atoms with Gasteiger partial charge in [-0.1, -0.05) is 0 Å². The minimum Gasteiger partial charge on any atom is -0.497 e. The Labute approximate surface area is 180 Å². The summed E-state index contributed by atoms with van der Waals surface area (Å²) in [4.78, 5) is 24.2. The van der Waals surface area contributed by atoms with Gasteiger partial charge in [0.05, 0.1) is 20.3 Å². The van der Waals surface area contributed by atoms with E-state index in [2.05, 4.69) is 10.6 Å². The molecule has 0 aromatic heterocycles. The van der Waals surface area contributed by atoms with E-state index >= 15 is 0 Å². The van der Waals surface area contributed by atoms with Crippen molar-refractivity contribution >= 4 is 17.5 Å². The summed E-state index contributed by atoms with van der Waals surface area (Å²) in [6.07, 6.45) is 0. The largest absolute Gasteiger partial charge is 0.497 e. The van der Waals surface area contributed by atoms with Crippen molar-refractivity contribution in [3.63, 3.8) is 0 Å². The molecule has 3 rings (SSSR count). The fourth-order valence-electron chi connectivity index (χ4n) is 2.72. The van der Waals surface area contributed by atoms with Crippen LogP contribution in [0.25, 0.3) is 0 Å². The second kappa shape index (κ2) is 10.7. The molecule has 0 saturated heterocycles. The maximum atomic E-state index is 12.1. The van der Waals surface area contributed by atoms with Crippen LogP contribution in [-0.2, 0) is 4.79 Å². The number of methoxy groups -OCH3 is 1. The van der Waals surface area contributed by atoms with Gasteiger partial charge in [-0.05, 0) is 79.7 Å². The third-order valence-corrected chi connectivity index (χ3v) is 4.27. The van der Waals surface area contributed by atoms with Crippen LogP contribution in [0.15, 0.2) is 72.8 Å². The lowest BCUT2D eigenvalue weighted by atomic mass is 10.2. The van der Waals surface area contributed by atoms with E-state index in [1.54, 1.807) is 55.6 Å². The maximum Gasteiger partial charge on any atom is 0.251 e. The fraction of sp³-hybridized carbons (Fsp3) is 0.167. The minimum absolute atomic E-state index is 0.144. The average molecular weight is 420 g/mol. The molecule has 31 heavy (non-hydrogen) atoms. The molecule has 0 fully saturated rings. The maximum absolute atomic E-state index is 12.1. The van der Waals surface area contributed by atoms with E-state index in [0.29, 0.717) is 35.1 Å². The molecular formula is C24H24N2O5. The molecule has 2 amide bonds. The van der Waals surface area contributed by atoms with E-state index in [4.69, 9.17) is 14.2 Å². The van der Waals surface area contributed by atoms with Gasteiger partial charge in [0.2, 0.25) is 5.91 Å². The van der Waals surface area contributed by atoms with Crippen molar-refractivity contribution < 1.29 is 23.8 Å². The van der Waals surface area contributed by atoms with Crippen LogP contribution < -0.4 is 24.8 Å². The van der Waals surface area contributed by atoms with Crippen molar-refractivity contribution in [3.8, 4) is 23.0 Å². The topological polar surface area (TPSA) is 85.9 Å². The zero-order chi connectivity index (χ0) is 22.1. The lowest BCUT2D eigenvalue weighted by Crippen LogP contribution is -2.32. The molecule has 0 heterocycles. The Morgan fingerprint density at radius 3 is 1.90 bits per heavy atom. The highest BCUT2D eigenvalue weighted by molar-refractivity contribution is 5.99. The van der Waals surface area contributed by atoms with Gasteiger partial charge in [-0.15, -0.1) is 0 Å². The monoisotopic (exact) mass is 420 g/mol. The van der Waals surface area contributed by atoms with Crippen molar-refractivity contribution in [2.24, 2.45) is 0 Å². The zero-order valence-corrected chi connectivity index (χ0v) is 17.4. The molecule has 0 unspecified atom stereocenters. The van der Waals surface area contributed by atoms with E-state index in [0.717, 1.165) is 5.75 Å². The van der Waals surface area contributed by atoms with Crippen LogP contribution >= 0.6 is 0 Å². The minimum atomic E-state index is -0.336. The molecule has 0 bridgehead atoms. The van der Waals surface area contributed by atoms with Gasteiger partial charge in [0.25, 0.3) is 5.91 Å². The molecule has 0 saturated carbocycles. The first kappa shape index (κ1) is 21.7. The van der Waals surface area contributed by atoms with E-state index < -0.39 is 0 Å². The smallest absolute Gasteiger partial charge is 0.251 e. The number of carbonyl (C=O) groups excluding carboxylic acids is 2. The van der Waals surface area contributed by atoms with Gasteiger partial charge in [0.15, 0.2) is 0 Å². The first-order chi connectivity index (χ1) is 15.1. The molecule has 0 aliphatic carbocycles. The Balaban J connectivity index is 1.47. The highest BCUT2D eigenvalue weighted by Gasteiger charge is 2.09. The molecule has 160 valence electrons. The summed E-state index contributed by atoms with van der Waals surface area (Å²) in [5.74, 6) is 2.09. The number of nitrogens with one attached hydrogen (secondary N) is 2. The lowest BCUT2D eigenvalue weighted by Gasteiger charge is -2.10. The number of hydrogen-bond donors (Lipinski definition) is 2. The Morgan fingerprint density at radius 1 is 0.774 bits per heavy atom. The second-order valence-corrected chi connectivity index (χ2v) is 6.49. The number of anilines is 1. The molecule has 0 atom stereocenters. The first-order valence-electron chi connectivity index (χ1n) is 9.80. The summed E-state index contributed by atoms with van der Waals surface area (Å²) < 4.78 is 16.2. The van der Waals surface area contributed by atoms with Gasteiger partial charge in [-0.25, -0.2) is 0 Å². The normalized spacial score (nSPS) is 10.1. The molecule has 3 aromatic carbocycles. The number of hydrogen-bond acceptors (Lipinski definition) is 5. The third kappa shape index (κ3) is 6.50. The average Bonchev–Trinajstić information content (AvgIpc) is 2.80. The van der Waals surface area contributed by atoms with Crippen molar-refractivity contribution in [1.82, 2.24) is 5.32 Å². The summed E-state index contributed by atoms with van der Waals surface area (Å²) >= 11 is 0. The molecule has 0 aliphatic heterocycles. The van der Waals surface area contributed by atoms with Crippen molar-refractivity contribution in [1.29, 1.82) is 0 Å². The number of benzene rings is 3. The van der Waals surface area contributed by atoms with Crippen molar-refractivity contribution in [3.05, 3.63) is 78.4 Å². The molecule has 0 aliphatic rings. The first-order valence-corrected chi connectivity index (χ1v) is 9.80. The number of rotatable bonds is 9. The molecule has 0 spiro atoms. The van der Waals surface area contributed by atoms with Crippen LogP contribution in [0, 0.1) is 0 Å². The van der Waals surface area contributed by atoms with E-state index in [1.165, 1.54) is 0 Å². The Hall–Kier alpha value is -4.00. The molecule has 7 heteroatoms. The van der Waals surface area contributed by atoms with Crippen LogP contribution in [0.1, 0.15) is 17.3 Å². The predicted octanol–water partition coefficient (Wildman–Crippen LogP) is 4.25.